The molecule has 102 valence electrons. The van der Waals surface area contributed by atoms with E-state index >= 15 is 0 Å². The van der Waals surface area contributed by atoms with Gasteiger partial charge >= 0.3 is 0 Å². The second kappa shape index (κ2) is 5.31. The molecule has 19 heavy (non-hydrogen) atoms. The SMILES string of the molecule is C[C@@H](Oc1cc(Br)cn2ncc(Cl)c12)[C@@H]1CCNC1. The Bertz CT molecular complexity index is 595. The molecular formula is C13H15BrClN3O. The summed E-state index contributed by atoms with van der Waals surface area (Å²) in [6.45, 7) is 4.19. The standard InChI is InChI=1S/C13H15BrClN3O/c1-8(9-2-3-16-5-9)19-12-4-10(14)7-18-13(12)11(15)6-17-18/h4,6-9,16H,2-3,5H2,1H3/t8-,9-/m1/s1. The van der Waals surface area contributed by atoms with Gasteiger partial charge in [0, 0.05) is 23.1 Å². The Morgan fingerprint density at radius 1 is 1.63 bits per heavy atom. The van der Waals surface area contributed by atoms with Crippen molar-refractivity contribution >= 4 is 33.0 Å². The first-order chi connectivity index (χ1) is 9.15. The number of nitrogens with one attached hydrogen (secondary N) is 1. The van der Waals surface area contributed by atoms with E-state index in [1.807, 2.05) is 12.3 Å². The second-order valence-electron chi connectivity index (χ2n) is 4.88. The molecule has 0 saturated carbocycles. The molecule has 1 N–H and O–H groups in total. The van der Waals surface area contributed by atoms with Gasteiger partial charge in [0.25, 0.3) is 0 Å². The number of rotatable bonds is 3. The van der Waals surface area contributed by atoms with E-state index in [1.165, 1.54) is 0 Å². The van der Waals surface area contributed by atoms with E-state index in [1.54, 1.807) is 10.7 Å². The summed E-state index contributed by atoms with van der Waals surface area (Å²) in [5.41, 5.74) is 0.822. The van der Waals surface area contributed by atoms with Crippen molar-refractivity contribution in [2.75, 3.05) is 13.1 Å². The quantitative estimate of drug-likeness (QED) is 0.930. The van der Waals surface area contributed by atoms with E-state index in [0.29, 0.717) is 10.9 Å². The summed E-state index contributed by atoms with van der Waals surface area (Å²) >= 11 is 9.65. The fourth-order valence-electron chi connectivity index (χ4n) is 2.48. The predicted octanol–water partition coefficient (Wildman–Crippen LogP) is 3.13. The highest BCUT2D eigenvalue weighted by Gasteiger charge is 2.24. The fourth-order valence-corrected chi connectivity index (χ4v) is 3.11. The highest BCUT2D eigenvalue weighted by atomic mass is 79.9. The minimum Gasteiger partial charge on any atom is -0.488 e. The normalized spacial score (nSPS) is 20.9. The van der Waals surface area contributed by atoms with Crippen molar-refractivity contribution in [2.45, 2.75) is 19.4 Å². The van der Waals surface area contributed by atoms with Crippen molar-refractivity contribution < 1.29 is 4.74 Å². The Balaban J connectivity index is 1.92. The third-order valence-corrected chi connectivity index (χ3v) is 4.28. The minimum atomic E-state index is 0.152. The summed E-state index contributed by atoms with van der Waals surface area (Å²) in [6.07, 6.45) is 4.81. The van der Waals surface area contributed by atoms with Crippen LogP contribution in [-0.4, -0.2) is 28.8 Å². The van der Waals surface area contributed by atoms with Gasteiger partial charge in [-0.15, -0.1) is 0 Å². The number of hydrogen-bond acceptors (Lipinski definition) is 3. The van der Waals surface area contributed by atoms with Gasteiger partial charge in [0.2, 0.25) is 0 Å². The molecule has 0 spiro atoms. The van der Waals surface area contributed by atoms with E-state index in [4.69, 9.17) is 16.3 Å². The summed E-state index contributed by atoms with van der Waals surface area (Å²) in [7, 11) is 0. The lowest BCUT2D eigenvalue weighted by Crippen LogP contribution is -2.25. The highest BCUT2D eigenvalue weighted by molar-refractivity contribution is 9.10. The largest absolute Gasteiger partial charge is 0.488 e. The lowest BCUT2D eigenvalue weighted by Gasteiger charge is -2.21. The van der Waals surface area contributed by atoms with Crippen LogP contribution in [0.1, 0.15) is 13.3 Å². The Morgan fingerprint density at radius 2 is 2.47 bits per heavy atom. The van der Waals surface area contributed by atoms with Gasteiger partial charge in [-0.05, 0) is 41.9 Å². The van der Waals surface area contributed by atoms with Gasteiger partial charge in [-0.1, -0.05) is 11.6 Å². The van der Waals surface area contributed by atoms with Gasteiger partial charge in [-0.25, -0.2) is 4.52 Å². The van der Waals surface area contributed by atoms with Crippen molar-refractivity contribution in [2.24, 2.45) is 5.92 Å². The van der Waals surface area contributed by atoms with Crippen LogP contribution in [0.4, 0.5) is 0 Å². The Hall–Kier alpha value is -0.780. The first-order valence-electron chi connectivity index (χ1n) is 6.35. The van der Waals surface area contributed by atoms with Gasteiger partial charge in [0.1, 0.15) is 17.4 Å². The first-order valence-corrected chi connectivity index (χ1v) is 7.52. The maximum atomic E-state index is 6.18. The molecule has 1 fully saturated rings. The van der Waals surface area contributed by atoms with Gasteiger partial charge in [0.15, 0.2) is 0 Å². The van der Waals surface area contributed by atoms with E-state index < -0.39 is 0 Å². The Morgan fingerprint density at radius 3 is 3.21 bits per heavy atom. The minimum absolute atomic E-state index is 0.152. The molecule has 2 atom stereocenters. The number of aromatic nitrogens is 2. The van der Waals surface area contributed by atoms with Crippen molar-refractivity contribution in [1.82, 2.24) is 14.9 Å². The molecule has 2 aromatic rings. The van der Waals surface area contributed by atoms with Gasteiger partial charge in [-0.2, -0.15) is 5.10 Å². The molecule has 0 aliphatic carbocycles. The average Bonchev–Trinajstić information content (AvgIpc) is 2.99. The van der Waals surface area contributed by atoms with Gasteiger partial charge < -0.3 is 10.1 Å². The van der Waals surface area contributed by atoms with Crippen LogP contribution in [0.15, 0.2) is 22.9 Å². The van der Waals surface area contributed by atoms with Crippen molar-refractivity contribution in [3.8, 4) is 5.75 Å². The molecule has 0 amide bonds. The Kier molecular flexibility index (Phi) is 3.69. The van der Waals surface area contributed by atoms with Crippen LogP contribution in [0.5, 0.6) is 5.75 Å². The molecule has 0 aromatic carbocycles. The monoisotopic (exact) mass is 343 g/mol. The summed E-state index contributed by atoms with van der Waals surface area (Å²) in [4.78, 5) is 0. The van der Waals surface area contributed by atoms with Crippen molar-refractivity contribution in [3.63, 3.8) is 0 Å². The molecule has 0 bridgehead atoms. The van der Waals surface area contributed by atoms with E-state index in [9.17, 15) is 0 Å². The maximum Gasteiger partial charge on any atom is 0.148 e. The molecule has 1 aliphatic heterocycles. The number of halogens is 2. The summed E-state index contributed by atoms with van der Waals surface area (Å²) < 4.78 is 8.78. The van der Waals surface area contributed by atoms with Crippen LogP contribution in [-0.2, 0) is 0 Å². The number of ether oxygens (including phenoxy) is 1. The average molecular weight is 345 g/mol. The number of nitrogens with zero attached hydrogens (tertiary/aromatic N) is 2. The molecule has 6 heteroatoms. The van der Waals surface area contributed by atoms with E-state index in [-0.39, 0.29) is 6.10 Å². The number of hydrogen-bond donors (Lipinski definition) is 1. The topological polar surface area (TPSA) is 38.6 Å². The number of fused-ring (bicyclic) bond motifs is 1. The zero-order valence-corrected chi connectivity index (χ0v) is 12.9. The number of pyridine rings is 1. The highest BCUT2D eigenvalue weighted by Crippen LogP contribution is 2.32. The van der Waals surface area contributed by atoms with Crippen molar-refractivity contribution in [3.05, 3.63) is 28.0 Å². The zero-order valence-electron chi connectivity index (χ0n) is 10.6. The van der Waals surface area contributed by atoms with Crippen LogP contribution in [0.25, 0.3) is 5.52 Å². The molecule has 1 aliphatic rings. The summed E-state index contributed by atoms with van der Waals surface area (Å²) in [5, 5.41) is 8.18. The molecule has 2 aromatic heterocycles. The molecule has 0 unspecified atom stereocenters. The first kappa shape index (κ1) is 13.2. The molecular weight excluding hydrogens is 330 g/mol. The third kappa shape index (κ3) is 2.59. The van der Waals surface area contributed by atoms with Gasteiger partial charge in [-0.3, -0.25) is 0 Å². The lowest BCUT2D eigenvalue weighted by atomic mass is 10.0. The van der Waals surface area contributed by atoms with E-state index in [2.05, 4.69) is 33.3 Å². The smallest absolute Gasteiger partial charge is 0.148 e. The van der Waals surface area contributed by atoms with E-state index in [0.717, 1.165) is 35.2 Å². The lowest BCUT2D eigenvalue weighted by molar-refractivity contribution is 0.162. The van der Waals surface area contributed by atoms with Crippen LogP contribution in [0.3, 0.4) is 0 Å². The molecule has 3 heterocycles. The Labute approximate surface area is 125 Å². The third-order valence-electron chi connectivity index (χ3n) is 3.57. The summed E-state index contributed by atoms with van der Waals surface area (Å²) in [5.74, 6) is 1.32. The molecule has 3 rings (SSSR count). The summed E-state index contributed by atoms with van der Waals surface area (Å²) in [6, 6.07) is 1.95. The predicted molar refractivity (Wildman–Crippen MR) is 79.0 cm³/mol. The van der Waals surface area contributed by atoms with Crippen LogP contribution < -0.4 is 10.1 Å². The molecule has 1 saturated heterocycles. The zero-order chi connectivity index (χ0) is 13.4. The van der Waals surface area contributed by atoms with Crippen LogP contribution in [0.2, 0.25) is 5.02 Å². The molecule has 4 nitrogen and oxygen atoms in total. The van der Waals surface area contributed by atoms with Gasteiger partial charge in [0.05, 0.1) is 11.2 Å². The van der Waals surface area contributed by atoms with Crippen LogP contribution in [0, 0.1) is 5.92 Å². The molecule has 0 radical (unpaired) electrons. The van der Waals surface area contributed by atoms with Crippen LogP contribution >= 0.6 is 27.5 Å². The second-order valence-corrected chi connectivity index (χ2v) is 6.21. The van der Waals surface area contributed by atoms with Crippen molar-refractivity contribution in [1.29, 1.82) is 0 Å². The maximum absolute atomic E-state index is 6.18. The fraction of sp³-hybridized carbons (Fsp3) is 0.462.